The molecule has 8 nitrogen and oxygen atoms in total. The maximum absolute atomic E-state index is 13.5. The summed E-state index contributed by atoms with van der Waals surface area (Å²) in [6, 6.07) is 13.4. The fourth-order valence-electron chi connectivity index (χ4n) is 4.30. The second-order valence-electron chi connectivity index (χ2n) is 9.81. The second-order valence-corrected chi connectivity index (χ2v) is 12.9. The third-order valence-electron chi connectivity index (χ3n) is 6.67. The van der Waals surface area contributed by atoms with Gasteiger partial charge in [0.15, 0.2) is 6.79 Å². The number of nitrogens with zero attached hydrogens (tertiary/aromatic N) is 1. The summed E-state index contributed by atoms with van der Waals surface area (Å²) in [5.41, 5.74) is 2.33. The molecule has 0 radical (unpaired) electrons. The smallest absolute Gasteiger partial charge is 0.416 e. The van der Waals surface area contributed by atoms with Gasteiger partial charge in [0, 0.05) is 29.4 Å². The summed E-state index contributed by atoms with van der Waals surface area (Å²) in [4.78, 5) is 15.1. The van der Waals surface area contributed by atoms with Gasteiger partial charge >= 0.3 is 6.18 Å². The summed E-state index contributed by atoms with van der Waals surface area (Å²) in [7, 11) is -2.19. The summed E-state index contributed by atoms with van der Waals surface area (Å²) in [6.45, 7) is 3.93. The first-order chi connectivity index (χ1) is 19.8. The molecular formula is C29H30BrF3N2O6S. The van der Waals surface area contributed by atoms with Crippen LogP contribution in [0, 0.1) is 0 Å². The average Bonchev–Trinajstić information content (AvgIpc) is 2.93. The SMILES string of the molecule is COCCOCOc1ccc(N2CCc3cc(-c4ccc(C(F)(F)F)cc4Br)ccc3C2=O)cc1NS(=O)(=O)C(C)C. The molecule has 0 spiro atoms. The molecule has 226 valence electrons. The van der Waals surface area contributed by atoms with Crippen LogP contribution in [0.1, 0.15) is 35.3 Å². The van der Waals surface area contributed by atoms with Gasteiger partial charge in [-0.05, 0) is 73.4 Å². The number of carbonyl (C=O) groups is 1. The zero-order valence-corrected chi connectivity index (χ0v) is 25.5. The van der Waals surface area contributed by atoms with Gasteiger partial charge in [-0.1, -0.05) is 34.1 Å². The van der Waals surface area contributed by atoms with E-state index < -0.39 is 27.0 Å². The van der Waals surface area contributed by atoms with E-state index in [-0.39, 0.29) is 24.1 Å². The minimum atomic E-state index is -4.46. The van der Waals surface area contributed by atoms with E-state index in [1.54, 1.807) is 62.3 Å². The van der Waals surface area contributed by atoms with E-state index in [2.05, 4.69) is 20.7 Å². The van der Waals surface area contributed by atoms with Crippen LogP contribution < -0.4 is 14.4 Å². The Bertz CT molecular complexity index is 1560. The quantitative estimate of drug-likeness (QED) is 0.185. The number of rotatable bonds is 11. The summed E-state index contributed by atoms with van der Waals surface area (Å²) in [6.07, 6.45) is -3.98. The first-order valence-corrected chi connectivity index (χ1v) is 15.3. The number of ether oxygens (including phenoxy) is 3. The van der Waals surface area contributed by atoms with E-state index in [4.69, 9.17) is 14.2 Å². The predicted octanol–water partition coefficient (Wildman–Crippen LogP) is 6.49. The fraction of sp³-hybridized carbons (Fsp3) is 0.345. The zero-order chi connectivity index (χ0) is 30.7. The van der Waals surface area contributed by atoms with E-state index in [9.17, 15) is 26.4 Å². The Kier molecular flexibility index (Phi) is 9.86. The molecule has 0 atom stereocenters. The lowest BCUT2D eigenvalue weighted by atomic mass is 9.93. The van der Waals surface area contributed by atoms with Crippen molar-refractivity contribution in [2.45, 2.75) is 31.7 Å². The van der Waals surface area contributed by atoms with Crippen molar-refractivity contribution in [2.75, 3.05) is 43.3 Å². The van der Waals surface area contributed by atoms with Gasteiger partial charge < -0.3 is 19.1 Å². The molecule has 0 aromatic heterocycles. The molecule has 0 saturated heterocycles. The molecule has 1 aliphatic heterocycles. The van der Waals surface area contributed by atoms with E-state index in [0.29, 0.717) is 53.0 Å². The molecular weight excluding hydrogens is 641 g/mol. The molecule has 1 heterocycles. The van der Waals surface area contributed by atoms with Crippen molar-refractivity contribution in [3.05, 3.63) is 75.8 Å². The van der Waals surface area contributed by atoms with Crippen LogP contribution in [0.15, 0.2) is 59.1 Å². The molecule has 3 aromatic carbocycles. The van der Waals surface area contributed by atoms with Crippen LogP contribution in [0.4, 0.5) is 24.5 Å². The van der Waals surface area contributed by atoms with Crippen molar-refractivity contribution < 1.29 is 40.6 Å². The topological polar surface area (TPSA) is 94.2 Å². The number of anilines is 2. The summed E-state index contributed by atoms with van der Waals surface area (Å²) >= 11 is 3.25. The molecule has 42 heavy (non-hydrogen) atoms. The van der Waals surface area contributed by atoms with Crippen molar-refractivity contribution in [1.29, 1.82) is 0 Å². The number of alkyl halides is 3. The molecule has 0 saturated carbocycles. The molecule has 1 amide bonds. The van der Waals surface area contributed by atoms with Gasteiger partial charge in [0.25, 0.3) is 5.91 Å². The number of carbonyl (C=O) groups excluding carboxylic acids is 1. The molecule has 0 unspecified atom stereocenters. The number of amides is 1. The average molecular weight is 672 g/mol. The number of hydrogen-bond donors (Lipinski definition) is 1. The summed E-state index contributed by atoms with van der Waals surface area (Å²) in [5.74, 6) is -0.0551. The maximum atomic E-state index is 13.5. The Labute approximate surface area is 250 Å². The fourth-order valence-corrected chi connectivity index (χ4v) is 5.61. The van der Waals surface area contributed by atoms with Gasteiger partial charge in [0.1, 0.15) is 5.75 Å². The first-order valence-electron chi connectivity index (χ1n) is 13.0. The third kappa shape index (κ3) is 7.25. The van der Waals surface area contributed by atoms with Crippen molar-refractivity contribution in [3.63, 3.8) is 0 Å². The van der Waals surface area contributed by atoms with Gasteiger partial charge in [0.2, 0.25) is 10.0 Å². The van der Waals surface area contributed by atoms with Crippen LogP contribution in [-0.2, 0) is 32.1 Å². The summed E-state index contributed by atoms with van der Waals surface area (Å²) in [5, 5.41) is -0.714. The Morgan fingerprint density at radius 1 is 1.02 bits per heavy atom. The van der Waals surface area contributed by atoms with Gasteiger partial charge in [-0.3, -0.25) is 9.52 Å². The number of halogens is 4. The lowest BCUT2D eigenvalue weighted by Gasteiger charge is -2.30. The van der Waals surface area contributed by atoms with E-state index >= 15 is 0 Å². The molecule has 4 rings (SSSR count). The zero-order valence-electron chi connectivity index (χ0n) is 23.1. The van der Waals surface area contributed by atoms with Gasteiger partial charge in [-0.15, -0.1) is 0 Å². The van der Waals surface area contributed by atoms with Crippen LogP contribution in [0.5, 0.6) is 5.75 Å². The minimum absolute atomic E-state index is 0.132. The monoisotopic (exact) mass is 670 g/mol. The Hall–Kier alpha value is -3.13. The van der Waals surface area contributed by atoms with Crippen LogP contribution >= 0.6 is 15.9 Å². The molecule has 0 aliphatic carbocycles. The van der Waals surface area contributed by atoms with Crippen molar-refractivity contribution in [1.82, 2.24) is 0 Å². The largest absolute Gasteiger partial charge is 0.465 e. The number of hydrogen-bond acceptors (Lipinski definition) is 6. The highest BCUT2D eigenvalue weighted by Gasteiger charge is 2.31. The molecule has 1 N–H and O–H groups in total. The lowest BCUT2D eigenvalue weighted by Crippen LogP contribution is -2.37. The predicted molar refractivity (Wildman–Crippen MR) is 157 cm³/mol. The standard InChI is InChI=1S/C29H30BrF3N2O6S/c1-18(2)42(37,38)34-26-16-22(6-9-27(26)41-17-40-13-12-39-3)35-11-10-20-14-19(4-7-24(20)28(35)36)23-8-5-21(15-25(23)30)29(31,32)33/h4-9,14-16,18,34H,10-13,17H2,1-3H3. The highest BCUT2D eigenvalue weighted by atomic mass is 79.9. The number of fused-ring (bicyclic) bond motifs is 1. The van der Waals surface area contributed by atoms with Crippen molar-refractivity contribution in [2.24, 2.45) is 0 Å². The number of nitrogens with one attached hydrogen (secondary N) is 1. The van der Waals surface area contributed by atoms with E-state index in [1.807, 2.05) is 0 Å². The second kappa shape index (κ2) is 13.0. The Morgan fingerprint density at radius 2 is 1.76 bits per heavy atom. The maximum Gasteiger partial charge on any atom is 0.416 e. The van der Waals surface area contributed by atoms with E-state index in [1.165, 1.54) is 6.07 Å². The highest BCUT2D eigenvalue weighted by molar-refractivity contribution is 9.10. The van der Waals surface area contributed by atoms with Crippen molar-refractivity contribution in [3.8, 4) is 16.9 Å². The number of sulfonamides is 1. The normalized spacial score (nSPS) is 13.8. The van der Waals surface area contributed by atoms with Gasteiger partial charge in [-0.25, -0.2) is 8.42 Å². The molecule has 3 aromatic rings. The Morgan fingerprint density at radius 3 is 2.43 bits per heavy atom. The minimum Gasteiger partial charge on any atom is -0.465 e. The van der Waals surface area contributed by atoms with E-state index in [0.717, 1.165) is 17.7 Å². The number of methoxy groups -OCH3 is 1. The Balaban J connectivity index is 1.60. The van der Waals surface area contributed by atoms with Crippen molar-refractivity contribution >= 4 is 43.2 Å². The first kappa shape index (κ1) is 31.8. The highest BCUT2D eigenvalue weighted by Crippen LogP contribution is 2.38. The van der Waals surface area contributed by atoms with Gasteiger partial charge in [-0.2, -0.15) is 13.2 Å². The van der Waals surface area contributed by atoms with Crippen LogP contribution in [-0.4, -0.2) is 53.2 Å². The molecule has 13 heteroatoms. The van der Waals surface area contributed by atoms with Crippen LogP contribution in [0.2, 0.25) is 0 Å². The number of benzene rings is 3. The molecule has 0 fully saturated rings. The van der Waals surface area contributed by atoms with Crippen LogP contribution in [0.3, 0.4) is 0 Å². The third-order valence-corrected chi connectivity index (χ3v) is 9.07. The molecule has 0 bridgehead atoms. The lowest BCUT2D eigenvalue weighted by molar-refractivity contribution is -0.137. The van der Waals surface area contributed by atoms with Gasteiger partial charge in [0.05, 0.1) is 29.7 Å². The van der Waals surface area contributed by atoms with Crippen LogP contribution in [0.25, 0.3) is 11.1 Å². The summed E-state index contributed by atoms with van der Waals surface area (Å²) < 4.78 is 83.4. The molecule has 1 aliphatic rings.